The van der Waals surface area contributed by atoms with Crippen molar-refractivity contribution in [3.63, 3.8) is 0 Å². The number of nitrogens with one attached hydrogen (secondary N) is 4. The monoisotopic (exact) mass is 734 g/mol. The molecule has 0 aliphatic rings. The van der Waals surface area contributed by atoms with Crippen molar-refractivity contribution in [2.75, 3.05) is 33.0 Å². The Morgan fingerprint density at radius 3 is 1.85 bits per heavy atom. The number of rotatable bonds is 25. The molecule has 1 rings (SSSR count). The first-order chi connectivity index (χ1) is 24.5. The van der Waals surface area contributed by atoms with E-state index in [1.807, 2.05) is 6.07 Å². The van der Waals surface area contributed by atoms with Crippen LogP contribution in [0.1, 0.15) is 85.6 Å². The van der Waals surface area contributed by atoms with E-state index in [4.69, 9.17) is 18.9 Å². The van der Waals surface area contributed by atoms with E-state index in [-0.39, 0.29) is 83.1 Å². The Bertz CT molecular complexity index is 1350. The van der Waals surface area contributed by atoms with Gasteiger partial charge in [0.05, 0.1) is 25.9 Å². The van der Waals surface area contributed by atoms with Gasteiger partial charge in [-0.05, 0) is 66.4 Å². The van der Waals surface area contributed by atoms with E-state index in [0.29, 0.717) is 0 Å². The van der Waals surface area contributed by atoms with E-state index in [1.165, 1.54) is 20.8 Å². The summed E-state index contributed by atoms with van der Waals surface area (Å²) in [5, 5.41) is 10.1. The first kappa shape index (κ1) is 45.3. The SMILES string of the molecule is CC(=O)CCC(NC(=O)C(CCC(=O)NC(CCC(C)=O)C(=O)OCc1ccccc1)NC(=O)COCCOCCNC(=O)OC(C)(C)C)C(C)=O. The lowest BCUT2D eigenvalue weighted by molar-refractivity contribution is -0.149. The maximum Gasteiger partial charge on any atom is 0.407 e. The van der Waals surface area contributed by atoms with Crippen LogP contribution in [0, 0.1) is 0 Å². The van der Waals surface area contributed by atoms with Gasteiger partial charge < -0.3 is 49.8 Å². The Kier molecular flexibility index (Phi) is 21.3. The summed E-state index contributed by atoms with van der Waals surface area (Å²) in [5.74, 6) is -3.61. The third-order valence-corrected chi connectivity index (χ3v) is 7.05. The molecular formula is C36H54N4O12. The van der Waals surface area contributed by atoms with E-state index in [1.54, 1.807) is 45.0 Å². The minimum absolute atomic E-state index is 0.00685. The van der Waals surface area contributed by atoms with E-state index in [0.717, 1.165) is 5.56 Å². The van der Waals surface area contributed by atoms with Crippen LogP contribution >= 0.6 is 0 Å². The molecule has 0 fully saturated rings. The minimum Gasteiger partial charge on any atom is -0.459 e. The van der Waals surface area contributed by atoms with Crippen molar-refractivity contribution in [2.45, 2.75) is 110 Å². The topological polar surface area (TPSA) is 222 Å². The normalized spacial score (nSPS) is 12.7. The lowest BCUT2D eigenvalue weighted by Gasteiger charge is -2.23. The number of carbonyl (C=O) groups excluding carboxylic acids is 8. The highest BCUT2D eigenvalue weighted by molar-refractivity contribution is 5.93. The zero-order chi connectivity index (χ0) is 39.1. The summed E-state index contributed by atoms with van der Waals surface area (Å²) in [6.45, 7) is 9.16. The molecule has 0 saturated heterocycles. The molecule has 3 atom stereocenters. The second-order valence-corrected chi connectivity index (χ2v) is 13.1. The summed E-state index contributed by atoms with van der Waals surface area (Å²) in [6, 6.07) is 5.46. The van der Waals surface area contributed by atoms with Crippen molar-refractivity contribution < 1.29 is 57.3 Å². The summed E-state index contributed by atoms with van der Waals surface area (Å²) >= 11 is 0. The van der Waals surface area contributed by atoms with Crippen LogP contribution in [0.4, 0.5) is 4.79 Å². The molecule has 4 amide bonds. The number of hydrogen-bond acceptors (Lipinski definition) is 12. The third-order valence-electron chi connectivity index (χ3n) is 7.05. The standard InChI is InChI=1S/C36H54N4O12/c1-24(41)12-14-28(26(3)43)40-33(46)29(38-32(45)23-50-21-20-49-19-18-37-35(48)52-36(4,5)6)16-17-31(44)39-30(15-13-25(2)42)34(47)51-22-27-10-8-7-9-11-27/h7-11,28-30H,12-23H2,1-6H3,(H,37,48)(H,38,45)(H,39,44)(H,40,46). The van der Waals surface area contributed by atoms with Gasteiger partial charge >= 0.3 is 12.1 Å². The zero-order valence-corrected chi connectivity index (χ0v) is 31.0. The van der Waals surface area contributed by atoms with Crippen LogP contribution in [0.3, 0.4) is 0 Å². The van der Waals surface area contributed by atoms with Crippen LogP contribution in [0.25, 0.3) is 0 Å². The average molecular weight is 735 g/mol. The Morgan fingerprint density at radius 2 is 1.25 bits per heavy atom. The lowest BCUT2D eigenvalue weighted by atomic mass is 10.0. The highest BCUT2D eigenvalue weighted by Crippen LogP contribution is 2.09. The second kappa shape index (κ2) is 24.5. The van der Waals surface area contributed by atoms with Gasteiger partial charge in [0.25, 0.3) is 0 Å². The van der Waals surface area contributed by atoms with Crippen molar-refractivity contribution in [1.29, 1.82) is 0 Å². The van der Waals surface area contributed by atoms with E-state index < -0.39 is 65.9 Å². The van der Waals surface area contributed by atoms with Gasteiger partial charge in [0.1, 0.15) is 42.5 Å². The van der Waals surface area contributed by atoms with E-state index in [9.17, 15) is 38.4 Å². The number of esters is 1. The molecular weight excluding hydrogens is 680 g/mol. The first-order valence-corrected chi connectivity index (χ1v) is 17.2. The molecule has 52 heavy (non-hydrogen) atoms. The van der Waals surface area contributed by atoms with Crippen LogP contribution in [0.5, 0.6) is 0 Å². The van der Waals surface area contributed by atoms with Crippen LogP contribution < -0.4 is 21.3 Å². The van der Waals surface area contributed by atoms with Crippen LogP contribution in [-0.2, 0) is 59.1 Å². The van der Waals surface area contributed by atoms with E-state index >= 15 is 0 Å². The van der Waals surface area contributed by atoms with Crippen LogP contribution in [0.15, 0.2) is 30.3 Å². The molecule has 16 nitrogen and oxygen atoms in total. The van der Waals surface area contributed by atoms with Crippen molar-refractivity contribution in [3.8, 4) is 0 Å². The highest BCUT2D eigenvalue weighted by Gasteiger charge is 2.28. The van der Waals surface area contributed by atoms with Crippen LogP contribution in [0.2, 0.25) is 0 Å². The summed E-state index contributed by atoms with van der Waals surface area (Å²) in [6.07, 6.45) is -1.04. The molecule has 0 aliphatic heterocycles. The van der Waals surface area contributed by atoms with E-state index in [2.05, 4.69) is 21.3 Å². The van der Waals surface area contributed by atoms with Gasteiger partial charge in [-0.25, -0.2) is 9.59 Å². The number of alkyl carbamates (subject to hydrolysis) is 1. The van der Waals surface area contributed by atoms with Crippen molar-refractivity contribution in [3.05, 3.63) is 35.9 Å². The van der Waals surface area contributed by atoms with Crippen molar-refractivity contribution in [1.82, 2.24) is 21.3 Å². The second-order valence-electron chi connectivity index (χ2n) is 13.1. The number of benzene rings is 1. The van der Waals surface area contributed by atoms with Gasteiger partial charge in [0, 0.05) is 25.8 Å². The van der Waals surface area contributed by atoms with Gasteiger partial charge in [0.15, 0.2) is 5.78 Å². The molecule has 0 radical (unpaired) electrons. The first-order valence-electron chi connectivity index (χ1n) is 17.2. The summed E-state index contributed by atoms with van der Waals surface area (Å²) < 4.78 is 21.2. The third kappa shape index (κ3) is 22.2. The molecule has 1 aromatic rings. The van der Waals surface area contributed by atoms with Gasteiger partial charge in [-0.3, -0.25) is 19.2 Å². The fourth-order valence-corrected chi connectivity index (χ4v) is 4.39. The Balaban J connectivity index is 2.80. The molecule has 0 spiro atoms. The molecule has 0 aromatic heterocycles. The van der Waals surface area contributed by atoms with Gasteiger partial charge in [-0.1, -0.05) is 30.3 Å². The quantitative estimate of drug-likeness (QED) is 0.0835. The van der Waals surface area contributed by atoms with Gasteiger partial charge in [-0.15, -0.1) is 0 Å². The molecule has 0 saturated carbocycles. The van der Waals surface area contributed by atoms with Gasteiger partial charge in [-0.2, -0.15) is 0 Å². The molecule has 1 aromatic carbocycles. The van der Waals surface area contributed by atoms with Crippen molar-refractivity contribution >= 4 is 47.1 Å². The average Bonchev–Trinajstić information content (AvgIpc) is 3.06. The number of hydrogen-bond donors (Lipinski definition) is 4. The number of Topliss-reactive ketones (excluding diaryl/α,β-unsaturated/α-hetero) is 3. The Labute approximate surface area is 304 Å². The molecule has 0 bridgehead atoms. The molecule has 3 unspecified atom stereocenters. The molecule has 16 heteroatoms. The smallest absolute Gasteiger partial charge is 0.407 e. The maximum atomic E-state index is 13.3. The fraction of sp³-hybridized carbons (Fsp3) is 0.611. The summed E-state index contributed by atoms with van der Waals surface area (Å²) in [4.78, 5) is 98.9. The molecule has 0 heterocycles. The highest BCUT2D eigenvalue weighted by atomic mass is 16.6. The number of ether oxygens (including phenoxy) is 4. The number of ketones is 3. The Morgan fingerprint density at radius 1 is 0.673 bits per heavy atom. The van der Waals surface area contributed by atoms with Gasteiger partial charge in [0.2, 0.25) is 17.7 Å². The maximum absolute atomic E-state index is 13.3. The predicted molar refractivity (Wildman–Crippen MR) is 188 cm³/mol. The predicted octanol–water partition coefficient (Wildman–Crippen LogP) is 1.85. The lowest BCUT2D eigenvalue weighted by Crippen LogP contribution is -2.52. The van der Waals surface area contributed by atoms with Crippen LogP contribution in [-0.4, -0.2) is 104 Å². The summed E-state index contributed by atoms with van der Waals surface area (Å²) in [7, 11) is 0. The molecule has 290 valence electrons. The molecule has 0 aliphatic carbocycles. The largest absolute Gasteiger partial charge is 0.459 e. The Hall–Kier alpha value is -4.70. The molecule has 4 N–H and O–H groups in total. The minimum atomic E-state index is -1.29. The number of carbonyl (C=O) groups is 8. The zero-order valence-electron chi connectivity index (χ0n) is 31.0. The number of amides is 4. The fourth-order valence-electron chi connectivity index (χ4n) is 4.39. The summed E-state index contributed by atoms with van der Waals surface area (Å²) in [5.41, 5.74) is 0.0997. The van der Waals surface area contributed by atoms with Crippen molar-refractivity contribution in [2.24, 2.45) is 0 Å².